The predicted molar refractivity (Wildman–Crippen MR) is 110 cm³/mol. The van der Waals surface area contributed by atoms with Crippen LogP contribution in [-0.4, -0.2) is 46.3 Å². The number of para-hydroxylation sites is 1. The maximum Gasteiger partial charge on any atom is 0.407 e. The van der Waals surface area contributed by atoms with E-state index in [2.05, 4.69) is 10.3 Å². The number of nitrogens with zero attached hydrogens (tertiary/aromatic N) is 2. The zero-order valence-electron chi connectivity index (χ0n) is 16.6. The molecular weight excluding hydrogens is 378 g/mol. The van der Waals surface area contributed by atoms with E-state index < -0.39 is 11.7 Å². The lowest BCUT2D eigenvalue weighted by atomic mass is 10.2. The maximum atomic E-state index is 13.0. The summed E-state index contributed by atoms with van der Waals surface area (Å²) in [5.74, 6) is 0.579. The maximum absolute atomic E-state index is 13.0. The highest BCUT2D eigenvalue weighted by Crippen LogP contribution is 2.20. The number of hydrogen-bond donors (Lipinski definition) is 1. The number of carbonyl (C=O) groups is 1. The quantitative estimate of drug-likeness (QED) is 0.451. The standard InChI is InChI=1S/C20H27N3O4S/c1-20(2,3)27-19(25)21-10-12-28-18-22-16-9-5-4-8-15(16)17(24)23(18)13-14-7-6-11-26-14/h4-5,8-9,14H,6-7,10-13H2,1-3H3,(H,21,25)/t14-/m0/s1. The number of nitrogens with one attached hydrogen (secondary N) is 1. The molecular formula is C20H27N3O4S. The second kappa shape index (κ2) is 8.96. The van der Waals surface area contributed by atoms with Crippen molar-refractivity contribution in [2.75, 3.05) is 18.9 Å². The first kappa shape index (κ1) is 20.7. The van der Waals surface area contributed by atoms with Crippen LogP contribution in [0.4, 0.5) is 4.79 Å². The zero-order valence-corrected chi connectivity index (χ0v) is 17.4. The summed E-state index contributed by atoms with van der Waals surface area (Å²) in [6.07, 6.45) is 1.56. The summed E-state index contributed by atoms with van der Waals surface area (Å²) in [7, 11) is 0. The van der Waals surface area contributed by atoms with Gasteiger partial charge < -0.3 is 14.8 Å². The highest BCUT2D eigenvalue weighted by Gasteiger charge is 2.20. The Kier molecular flexibility index (Phi) is 6.61. The second-order valence-electron chi connectivity index (χ2n) is 7.74. The summed E-state index contributed by atoms with van der Waals surface area (Å²) in [6.45, 7) is 7.13. The third-order valence-corrected chi connectivity index (χ3v) is 5.22. The molecule has 0 unspecified atom stereocenters. The van der Waals surface area contributed by atoms with Crippen molar-refractivity contribution in [2.45, 2.75) is 57.0 Å². The van der Waals surface area contributed by atoms with Gasteiger partial charge in [0.25, 0.3) is 5.56 Å². The smallest absolute Gasteiger partial charge is 0.407 e. The van der Waals surface area contributed by atoms with Crippen molar-refractivity contribution in [2.24, 2.45) is 0 Å². The molecule has 1 saturated heterocycles. The monoisotopic (exact) mass is 405 g/mol. The minimum Gasteiger partial charge on any atom is -0.444 e. The molecule has 0 bridgehead atoms. The van der Waals surface area contributed by atoms with Crippen molar-refractivity contribution in [1.82, 2.24) is 14.9 Å². The van der Waals surface area contributed by atoms with Gasteiger partial charge in [-0.1, -0.05) is 23.9 Å². The highest BCUT2D eigenvalue weighted by molar-refractivity contribution is 7.99. The predicted octanol–water partition coefficient (Wildman–Crippen LogP) is 3.19. The van der Waals surface area contributed by atoms with E-state index in [1.807, 2.05) is 39.0 Å². The molecule has 1 aromatic heterocycles. The van der Waals surface area contributed by atoms with Gasteiger partial charge in [-0.15, -0.1) is 0 Å². The molecule has 1 fully saturated rings. The van der Waals surface area contributed by atoms with Crippen molar-refractivity contribution >= 4 is 28.8 Å². The zero-order chi connectivity index (χ0) is 20.1. The van der Waals surface area contributed by atoms with Crippen LogP contribution in [-0.2, 0) is 16.0 Å². The number of rotatable bonds is 6. The van der Waals surface area contributed by atoms with Crippen LogP contribution in [0, 0.1) is 0 Å². The fraction of sp³-hybridized carbons (Fsp3) is 0.550. The average molecular weight is 406 g/mol. The normalized spacial score (nSPS) is 17.0. The fourth-order valence-corrected chi connectivity index (χ4v) is 3.88. The molecule has 1 amide bonds. The van der Waals surface area contributed by atoms with Crippen molar-refractivity contribution in [3.05, 3.63) is 34.6 Å². The lowest BCUT2D eigenvalue weighted by Gasteiger charge is -2.19. The Hall–Kier alpha value is -2.06. The van der Waals surface area contributed by atoms with Gasteiger partial charge in [-0.05, 0) is 45.7 Å². The Morgan fingerprint density at radius 1 is 1.39 bits per heavy atom. The number of benzene rings is 1. The number of amides is 1. The Morgan fingerprint density at radius 2 is 2.18 bits per heavy atom. The van der Waals surface area contributed by atoms with Gasteiger partial charge in [-0.2, -0.15) is 0 Å². The third kappa shape index (κ3) is 5.48. The van der Waals surface area contributed by atoms with Gasteiger partial charge in [0, 0.05) is 18.9 Å². The first-order chi connectivity index (χ1) is 13.3. The van der Waals surface area contributed by atoms with E-state index in [0.29, 0.717) is 34.9 Å². The topological polar surface area (TPSA) is 82.5 Å². The van der Waals surface area contributed by atoms with E-state index in [0.717, 1.165) is 19.4 Å². The Morgan fingerprint density at radius 3 is 2.89 bits per heavy atom. The van der Waals surface area contributed by atoms with Gasteiger partial charge in [0.05, 0.1) is 23.6 Å². The summed E-state index contributed by atoms with van der Waals surface area (Å²) in [6, 6.07) is 7.36. The molecule has 1 aromatic carbocycles. The largest absolute Gasteiger partial charge is 0.444 e. The molecule has 1 aliphatic rings. The molecule has 2 heterocycles. The van der Waals surface area contributed by atoms with Gasteiger partial charge >= 0.3 is 6.09 Å². The SMILES string of the molecule is CC(C)(C)OC(=O)NCCSc1nc2ccccc2c(=O)n1C[C@@H]1CCCO1. The van der Waals surface area contributed by atoms with Crippen LogP contribution in [0.25, 0.3) is 10.9 Å². The molecule has 0 radical (unpaired) electrons. The van der Waals surface area contributed by atoms with E-state index in [1.165, 1.54) is 11.8 Å². The molecule has 1 N–H and O–H groups in total. The lowest BCUT2D eigenvalue weighted by Crippen LogP contribution is -2.34. The molecule has 8 heteroatoms. The molecule has 2 aromatic rings. The van der Waals surface area contributed by atoms with Gasteiger partial charge in [0.15, 0.2) is 5.16 Å². The van der Waals surface area contributed by atoms with Crippen LogP contribution < -0.4 is 10.9 Å². The minimum atomic E-state index is -0.529. The van der Waals surface area contributed by atoms with Crippen LogP contribution in [0.5, 0.6) is 0 Å². The Bertz CT molecular complexity index is 885. The van der Waals surface area contributed by atoms with Gasteiger partial charge in [0.2, 0.25) is 0 Å². The molecule has 7 nitrogen and oxygen atoms in total. The molecule has 152 valence electrons. The Balaban J connectivity index is 1.71. The molecule has 28 heavy (non-hydrogen) atoms. The summed E-state index contributed by atoms with van der Waals surface area (Å²) < 4.78 is 12.6. The highest BCUT2D eigenvalue weighted by atomic mass is 32.2. The Labute approximate surface area is 168 Å². The summed E-state index contributed by atoms with van der Waals surface area (Å²) in [5, 5.41) is 3.98. The van der Waals surface area contributed by atoms with E-state index in [4.69, 9.17) is 9.47 Å². The van der Waals surface area contributed by atoms with Crippen molar-refractivity contribution in [3.63, 3.8) is 0 Å². The number of hydrogen-bond acceptors (Lipinski definition) is 6. The van der Waals surface area contributed by atoms with Gasteiger partial charge in [-0.3, -0.25) is 9.36 Å². The number of ether oxygens (including phenoxy) is 2. The lowest BCUT2D eigenvalue weighted by molar-refractivity contribution is 0.0531. The number of fused-ring (bicyclic) bond motifs is 1. The molecule has 0 aliphatic carbocycles. The number of carbonyl (C=O) groups excluding carboxylic acids is 1. The minimum absolute atomic E-state index is 0.0416. The second-order valence-corrected chi connectivity index (χ2v) is 8.80. The van der Waals surface area contributed by atoms with Crippen LogP contribution in [0.15, 0.2) is 34.2 Å². The van der Waals surface area contributed by atoms with E-state index in [1.54, 1.807) is 10.6 Å². The van der Waals surface area contributed by atoms with E-state index in [9.17, 15) is 9.59 Å². The van der Waals surface area contributed by atoms with Gasteiger partial charge in [0.1, 0.15) is 5.60 Å². The molecule has 3 rings (SSSR count). The first-order valence-electron chi connectivity index (χ1n) is 9.54. The van der Waals surface area contributed by atoms with Crippen molar-refractivity contribution in [1.29, 1.82) is 0 Å². The number of aromatic nitrogens is 2. The van der Waals surface area contributed by atoms with Crippen LogP contribution in [0.3, 0.4) is 0 Å². The van der Waals surface area contributed by atoms with E-state index >= 15 is 0 Å². The fourth-order valence-electron chi connectivity index (χ4n) is 3.02. The molecule has 1 atom stereocenters. The van der Waals surface area contributed by atoms with Crippen LogP contribution in [0.2, 0.25) is 0 Å². The molecule has 1 aliphatic heterocycles. The van der Waals surface area contributed by atoms with Crippen LogP contribution in [0.1, 0.15) is 33.6 Å². The average Bonchev–Trinajstić information content (AvgIpc) is 3.13. The number of thioether (sulfide) groups is 1. The molecule has 0 saturated carbocycles. The van der Waals surface area contributed by atoms with Crippen LogP contribution >= 0.6 is 11.8 Å². The van der Waals surface area contributed by atoms with Gasteiger partial charge in [-0.25, -0.2) is 9.78 Å². The van der Waals surface area contributed by atoms with E-state index in [-0.39, 0.29) is 11.7 Å². The summed E-state index contributed by atoms with van der Waals surface area (Å²) in [5.41, 5.74) is 0.0983. The van der Waals surface area contributed by atoms with Crippen molar-refractivity contribution < 1.29 is 14.3 Å². The number of alkyl carbamates (subject to hydrolysis) is 1. The molecule has 0 spiro atoms. The first-order valence-corrected chi connectivity index (χ1v) is 10.5. The van der Waals surface area contributed by atoms with Crippen molar-refractivity contribution in [3.8, 4) is 0 Å². The third-order valence-electron chi connectivity index (χ3n) is 4.24. The summed E-state index contributed by atoms with van der Waals surface area (Å²) in [4.78, 5) is 29.4. The summed E-state index contributed by atoms with van der Waals surface area (Å²) >= 11 is 1.45.